The molecule has 40 heavy (non-hydrogen) atoms. The maximum absolute atomic E-state index is 2.41. The van der Waals surface area contributed by atoms with Crippen LogP contribution in [0.15, 0.2) is 130 Å². The molecule has 2 rings (SSSR count). The zero-order valence-corrected chi connectivity index (χ0v) is 27.3. The molecule has 0 amide bonds. The molecule has 0 saturated heterocycles. The number of rotatable bonds is 10. The highest BCUT2D eigenvalue weighted by atomic mass is 14.3. The average Bonchev–Trinajstić information content (AvgIpc) is 2.85. The van der Waals surface area contributed by atoms with Gasteiger partial charge in [0, 0.05) is 5.92 Å². The lowest BCUT2D eigenvalue weighted by Gasteiger charge is -2.36. The molecule has 0 fully saturated rings. The van der Waals surface area contributed by atoms with Gasteiger partial charge in [-0.15, -0.1) is 0 Å². The number of allylic oxidation sites excluding steroid dienone is 22. The molecule has 0 nitrogen and oxygen atoms in total. The van der Waals surface area contributed by atoms with Crippen molar-refractivity contribution in [3.63, 3.8) is 0 Å². The lowest BCUT2D eigenvalue weighted by molar-refractivity contribution is 0.255. The Morgan fingerprint density at radius 3 is 1.77 bits per heavy atom. The van der Waals surface area contributed by atoms with Crippen LogP contribution >= 0.6 is 0 Å². The predicted octanol–water partition coefficient (Wildman–Crippen LogP) is 12.5. The van der Waals surface area contributed by atoms with Crippen molar-refractivity contribution in [2.75, 3.05) is 0 Å². The first-order valence-corrected chi connectivity index (χ1v) is 15.3. The minimum absolute atomic E-state index is 0.291. The van der Waals surface area contributed by atoms with Gasteiger partial charge in [0.2, 0.25) is 0 Å². The van der Waals surface area contributed by atoms with Crippen LogP contribution in [0, 0.1) is 16.7 Å². The van der Waals surface area contributed by atoms with E-state index in [2.05, 4.69) is 160 Å². The number of hydrogen-bond acceptors (Lipinski definition) is 0. The van der Waals surface area contributed by atoms with Crippen molar-refractivity contribution in [2.45, 2.75) is 101 Å². The topological polar surface area (TPSA) is 0 Å². The normalized spacial score (nSPS) is 23.6. The molecule has 0 N–H and O–H groups in total. The molecule has 0 heterocycles. The van der Waals surface area contributed by atoms with Gasteiger partial charge in [-0.2, -0.15) is 0 Å². The maximum Gasteiger partial charge on any atom is 0.00285 e. The van der Waals surface area contributed by atoms with E-state index in [4.69, 9.17) is 0 Å². The van der Waals surface area contributed by atoms with E-state index < -0.39 is 0 Å². The standard InChI is InChI=1S/C40H56/c1-31(19-13-21-33(3)25-27-37-35(5)23-15-29-39(37,7)8)17-11-12-18-32(2)20-14-22-34(4)26-28-38-36(6)24-16-30-40(38,9)10/h11-14,17-23,25-28,37H,15-16,24,29-30H2,1-10H3/b12-11+,19-13+,20-14+,27-25+,28-26+,31-17-,32-18+,33-21+,34-22+/t37-/m0/s1. The highest BCUT2D eigenvalue weighted by molar-refractivity contribution is 5.37. The molecule has 0 aromatic rings. The van der Waals surface area contributed by atoms with Gasteiger partial charge in [-0.05, 0) is 90.0 Å². The van der Waals surface area contributed by atoms with Crippen LogP contribution in [0.5, 0.6) is 0 Å². The molecule has 0 radical (unpaired) electrons. The second-order valence-corrected chi connectivity index (χ2v) is 13.3. The summed E-state index contributed by atoms with van der Waals surface area (Å²) in [5.74, 6) is 0.532. The lowest BCUT2D eigenvalue weighted by Crippen LogP contribution is -2.26. The second-order valence-electron chi connectivity index (χ2n) is 13.3. The highest BCUT2D eigenvalue weighted by Gasteiger charge is 2.30. The van der Waals surface area contributed by atoms with Crippen molar-refractivity contribution in [3.8, 4) is 0 Å². The quantitative estimate of drug-likeness (QED) is 0.192. The van der Waals surface area contributed by atoms with Gasteiger partial charge in [-0.3, -0.25) is 0 Å². The third kappa shape index (κ3) is 11.3. The van der Waals surface area contributed by atoms with Gasteiger partial charge in [0.1, 0.15) is 0 Å². The first-order valence-electron chi connectivity index (χ1n) is 15.3. The van der Waals surface area contributed by atoms with Crippen LogP contribution in [0.2, 0.25) is 0 Å². The van der Waals surface area contributed by atoms with Gasteiger partial charge in [-0.25, -0.2) is 0 Å². The molecule has 0 aromatic carbocycles. The van der Waals surface area contributed by atoms with E-state index in [1.165, 1.54) is 65.5 Å². The molecular weight excluding hydrogens is 480 g/mol. The summed E-state index contributed by atoms with van der Waals surface area (Å²) < 4.78 is 0. The van der Waals surface area contributed by atoms with E-state index in [1.807, 2.05) is 0 Å². The van der Waals surface area contributed by atoms with Gasteiger partial charge < -0.3 is 0 Å². The fourth-order valence-corrected chi connectivity index (χ4v) is 5.80. The Morgan fingerprint density at radius 2 is 1.23 bits per heavy atom. The summed E-state index contributed by atoms with van der Waals surface area (Å²) in [6, 6.07) is 0. The van der Waals surface area contributed by atoms with Crippen LogP contribution in [0.4, 0.5) is 0 Å². The molecule has 0 aromatic heterocycles. The van der Waals surface area contributed by atoms with Crippen molar-refractivity contribution in [3.05, 3.63) is 130 Å². The van der Waals surface area contributed by atoms with E-state index in [0.29, 0.717) is 16.7 Å². The minimum atomic E-state index is 0.291. The fraction of sp³-hybridized carbons (Fsp3) is 0.450. The Bertz CT molecular complexity index is 1200. The fourth-order valence-electron chi connectivity index (χ4n) is 5.80. The molecule has 0 bridgehead atoms. The highest BCUT2D eigenvalue weighted by Crippen LogP contribution is 2.42. The van der Waals surface area contributed by atoms with E-state index in [1.54, 1.807) is 5.57 Å². The third-order valence-electron chi connectivity index (χ3n) is 8.46. The Balaban J connectivity index is 1.88. The first-order chi connectivity index (χ1) is 18.8. The zero-order chi connectivity index (χ0) is 29.8. The SMILES string of the molecule is CC1=CCCC(C)(C)[C@H]1/C=C/C(C)=C/C=C/C(C)=C\C=C\C=C(C)\C=C\C=C(C)\C=C\C1=C(C)CCCC1(C)C. The molecule has 0 unspecified atom stereocenters. The second kappa shape index (κ2) is 15.8. The first kappa shape index (κ1) is 33.3. The molecule has 0 saturated carbocycles. The molecule has 0 heteroatoms. The van der Waals surface area contributed by atoms with Crippen LogP contribution in [-0.2, 0) is 0 Å². The molecule has 216 valence electrons. The Labute approximate surface area is 247 Å². The summed E-state index contributed by atoms with van der Waals surface area (Å²) >= 11 is 0. The van der Waals surface area contributed by atoms with Crippen molar-refractivity contribution in [2.24, 2.45) is 16.7 Å². The van der Waals surface area contributed by atoms with Crippen LogP contribution in [0.3, 0.4) is 0 Å². The lowest BCUT2D eigenvalue weighted by atomic mass is 9.68. The summed E-state index contributed by atoms with van der Waals surface area (Å²) in [5.41, 5.74) is 10.2. The van der Waals surface area contributed by atoms with E-state index in [-0.39, 0.29) is 0 Å². The monoisotopic (exact) mass is 536 g/mol. The van der Waals surface area contributed by atoms with Crippen LogP contribution < -0.4 is 0 Å². The summed E-state index contributed by atoms with van der Waals surface area (Å²) in [7, 11) is 0. The van der Waals surface area contributed by atoms with Gasteiger partial charge in [-0.1, -0.05) is 152 Å². The summed E-state index contributed by atoms with van der Waals surface area (Å²) in [5, 5.41) is 0. The Morgan fingerprint density at radius 1 is 0.700 bits per heavy atom. The predicted molar refractivity (Wildman–Crippen MR) is 181 cm³/mol. The average molecular weight is 537 g/mol. The van der Waals surface area contributed by atoms with Crippen molar-refractivity contribution in [1.82, 2.24) is 0 Å². The number of hydrogen-bond donors (Lipinski definition) is 0. The Kier molecular flexibility index (Phi) is 13.2. The van der Waals surface area contributed by atoms with Crippen LogP contribution in [0.1, 0.15) is 101 Å². The zero-order valence-electron chi connectivity index (χ0n) is 27.3. The Hall–Kier alpha value is -2.86. The van der Waals surface area contributed by atoms with Crippen molar-refractivity contribution in [1.29, 1.82) is 0 Å². The van der Waals surface area contributed by atoms with Crippen molar-refractivity contribution >= 4 is 0 Å². The smallest absolute Gasteiger partial charge is 0.00285 e. The summed E-state index contributed by atoms with van der Waals surface area (Å²) in [4.78, 5) is 0. The van der Waals surface area contributed by atoms with Crippen LogP contribution in [-0.4, -0.2) is 0 Å². The molecule has 2 aliphatic carbocycles. The molecule has 0 aliphatic heterocycles. The minimum Gasteiger partial charge on any atom is -0.0850 e. The van der Waals surface area contributed by atoms with Gasteiger partial charge in [0.25, 0.3) is 0 Å². The molecular formula is C40H56. The van der Waals surface area contributed by atoms with Crippen molar-refractivity contribution < 1.29 is 0 Å². The van der Waals surface area contributed by atoms with Gasteiger partial charge in [0.15, 0.2) is 0 Å². The third-order valence-corrected chi connectivity index (χ3v) is 8.46. The van der Waals surface area contributed by atoms with E-state index in [0.717, 1.165) is 0 Å². The summed E-state index contributed by atoms with van der Waals surface area (Å²) in [6.45, 7) is 22.7. The molecule has 1 atom stereocenters. The largest absolute Gasteiger partial charge is 0.0850 e. The van der Waals surface area contributed by atoms with Crippen LogP contribution in [0.25, 0.3) is 0 Å². The van der Waals surface area contributed by atoms with Gasteiger partial charge in [0.05, 0.1) is 0 Å². The van der Waals surface area contributed by atoms with E-state index in [9.17, 15) is 0 Å². The maximum atomic E-state index is 2.41. The van der Waals surface area contributed by atoms with E-state index >= 15 is 0 Å². The summed E-state index contributed by atoms with van der Waals surface area (Å²) in [6.07, 6.45) is 39.5. The molecule has 2 aliphatic rings. The van der Waals surface area contributed by atoms with Gasteiger partial charge >= 0.3 is 0 Å². The molecule has 0 spiro atoms.